The first-order chi connectivity index (χ1) is 22.8. The third-order valence-electron chi connectivity index (χ3n) is 12.5. The van der Waals surface area contributed by atoms with Crippen LogP contribution in [0.25, 0.3) is 5.88 Å². The van der Waals surface area contributed by atoms with E-state index in [2.05, 4.69) is 45.5 Å². The van der Waals surface area contributed by atoms with Gasteiger partial charge >= 0.3 is 5.97 Å². The van der Waals surface area contributed by atoms with Crippen LogP contribution in [0.15, 0.2) is 58.3 Å². The number of nitrogens with zero attached hydrogens (tertiary/aromatic N) is 5. The van der Waals surface area contributed by atoms with Gasteiger partial charge in [-0.05, 0) is 49.1 Å². The summed E-state index contributed by atoms with van der Waals surface area (Å²) in [6.45, 7) is 10.0. The summed E-state index contributed by atoms with van der Waals surface area (Å²) in [5.41, 5.74) is 5.15. The van der Waals surface area contributed by atoms with Crippen LogP contribution in [0.5, 0.6) is 5.75 Å². The molecule has 4 aliphatic carbocycles. The van der Waals surface area contributed by atoms with Gasteiger partial charge < -0.3 is 30.3 Å². The number of hydrazone groups is 1. The maximum atomic E-state index is 13.6. The number of aromatic amines is 1. The van der Waals surface area contributed by atoms with Crippen LogP contribution in [0.4, 0.5) is 0 Å². The normalized spacial score (nSPS) is 38.4. The Bertz CT molecular complexity index is 1870. The van der Waals surface area contributed by atoms with Gasteiger partial charge in [-0.15, -0.1) is 6.58 Å². The largest absolute Gasteiger partial charge is 0.457 e. The number of benzene rings is 1. The molecule has 0 amide bonds. The number of Topliss-reactive ketones (excluding diaryl/α,β-unsaturated/α-hetero) is 1. The molecular weight excluding hydrogens is 612 g/mol. The monoisotopic (exact) mass is 656 g/mol. The molecule has 1 aromatic carbocycles. The average molecular weight is 657 g/mol. The summed E-state index contributed by atoms with van der Waals surface area (Å²) in [5.74, 6) is 6.14. The molecule has 6 N–H and O–H groups in total. The van der Waals surface area contributed by atoms with Crippen molar-refractivity contribution in [1.82, 2.24) is 14.9 Å². The van der Waals surface area contributed by atoms with E-state index in [1.54, 1.807) is 42.3 Å². The highest BCUT2D eigenvalue weighted by molar-refractivity contribution is 6.38. The molecule has 48 heavy (non-hydrogen) atoms. The zero-order valence-electron chi connectivity index (χ0n) is 27.8. The molecule has 5 aliphatic rings. The zero-order valence-corrected chi connectivity index (χ0v) is 27.8. The van der Waals surface area contributed by atoms with E-state index in [1.165, 1.54) is 12.5 Å². The van der Waals surface area contributed by atoms with Gasteiger partial charge in [0.2, 0.25) is 5.88 Å². The lowest BCUT2D eigenvalue weighted by atomic mass is 9.52. The second-order valence-corrected chi connectivity index (χ2v) is 14.7. The lowest BCUT2D eigenvalue weighted by molar-refractivity contribution is -0.166. The highest BCUT2D eigenvalue weighted by atomic mass is 16.6. The Morgan fingerprint density at radius 1 is 1.31 bits per heavy atom. The van der Waals surface area contributed by atoms with Crippen molar-refractivity contribution in [3.8, 4) is 5.75 Å². The molecule has 4 saturated carbocycles. The number of aliphatic imine (C=N–C) groups is 1. The van der Waals surface area contributed by atoms with Gasteiger partial charge in [0.1, 0.15) is 34.7 Å². The number of fused-ring (bicyclic) bond motifs is 2. The Morgan fingerprint density at radius 3 is 2.85 bits per heavy atom. The number of hydrogen-bond acceptors (Lipinski definition) is 12. The molecule has 254 valence electrons. The first-order valence-electron chi connectivity index (χ1n) is 16.6. The fraction of sp³-hybridized carbons (Fsp3) is 0.543. The van der Waals surface area contributed by atoms with Gasteiger partial charge in [0, 0.05) is 41.7 Å². The number of nitrogens with one attached hydrogen (secondary N) is 1. The third kappa shape index (κ3) is 4.43. The minimum absolute atomic E-state index is 0.0286. The maximum absolute atomic E-state index is 13.6. The van der Waals surface area contributed by atoms with Gasteiger partial charge in [-0.1, -0.05) is 39.0 Å². The number of ether oxygens (including phenoxy) is 2. The summed E-state index contributed by atoms with van der Waals surface area (Å²) in [6, 6.07) is 7.12. The molecular formula is C35H44N8O5. The molecule has 2 bridgehead atoms. The minimum atomic E-state index is -0.888. The van der Waals surface area contributed by atoms with Gasteiger partial charge in [-0.3, -0.25) is 20.3 Å². The van der Waals surface area contributed by atoms with Crippen molar-refractivity contribution in [2.75, 3.05) is 13.6 Å². The summed E-state index contributed by atoms with van der Waals surface area (Å²) < 4.78 is 12.6. The maximum Gasteiger partial charge on any atom is 0.328 e. The van der Waals surface area contributed by atoms with Gasteiger partial charge in [-0.25, -0.2) is 9.98 Å². The minimum Gasteiger partial charge on any atom is -0.457 e. The third-order valence-corrected chi connectivity index (χ3v) is 12.5. The predicted octanol–water partition coefficient (Wildman–Crippen LogP) is 1.37. The first kappa shape index (κ1) is 32.2. The highest BCUT2D eigenvalue weighted by Gasteiger charge is 2.86. The number of aliphatic hydroxyl groups excluding tert-OH is 1. The Labute approximate surface area is 278 Å². The lowest BCUT2D eigenvalue weighted by Crippen LogP contribution is -2.54. The standard InChI is InChI=1S/C35H44N8O5/c1-6-32(3)17-35(24-11-13-34(19(2)28(32)46)12-10-23(44)27(34)33(24,35)4)48-25(45)16-38-15-22(42-37)20-8-7-9-21(14-20)47-30-26-29(40-18-39-26)41-31(36)43(30)5/h6-9,14-15,18-19,24,27-28,31,46H,1,10-13,16-17,36-37H2,2-5H3,(H,39,40,41)/t19-,24?,27-,28-,31?,32+,33+,34+,35+/m0/s1. The molecule has 7 rings (SSSR count). The molecule has 1 aliphatic heterocycles. The van der Waals surface area contributed by atoms with Crippen molar-refractivity contribution in [1.29, 1.82) is 0 Å². The number of aliphatic hydroxyl groups is 1. The fourth-order valence-electron chi connectivity index (χ4n) is 9.97. The van der Waals surface area contributed by atoms with Crippen molar-refractivity contribution in [2.24, 2.45) is 60.7 Å². The number of aromatic nitrogens is 2. The summed E-state index contributed by atoms with van der Waals surface area (Å²) in [4.78, 5) is 44.7. The van der Waals surface area contributed by atoms with Crippen LogP contribution in [0.1, 0.15) is 58.4 Å². The SMILES string of the molecule is C=C[C@]1(C)C[C@@]2(OC(=O)CN=CC(=NN)c3cccc(OC4=c5[nH]cnc5=NC(N)N4C)c3)C3CC[C@]4(CCC(=O)[C@H]4[C@@]32C)[C@@H](C)[C@@H]1O. The quantitative estimate of drug-likeness (QED) is 0.107. The van der Waals surface area contributed by atoms with E-state index in [1.807, 2.05) is 6.92 Å². The average Bonchev–Trinajstić information content (AvgIpc) is 3.41. The number of carbonyl (C=O) groups is 2. The Morgan fingerprint density at radius 2 is 2.10 bits per heavy atom. The lowest BCUT2D eigenvalue weighted by Gasteiger charge is -2.52. The van der Waals surface area contributed by atoms with Crippen molar-refractivity contribution < 1.29 is 24.2 Å². The predicted molar refractivity (Wildman–Crippen MR) is 178 cm³/mol. The Kier molecular flexibility index (Phi) is 7.44. The number of esters is 1. The number of H-pyrrole nitrogens is 1. The summed E-state index contributed by atoms with van der Waals surface area (Å²) in [5, 5.41) is 16.2. The molecule has 2 heterocycles. The number of carbonyl (C=O) groups excluding carboxylic acids is 2. The van der Waals surface area contributed by atoms with Gasteiger partial charge in [0.15, 0.2) is 11.8 Å². The van der Waals surface area contributed by atoms with E-state index in [9.17, 15) is 14.7 Å². The van der Waals surface area contributed by atoms with Crippen molar-refractivity contribution in [2.45, 2.75) is 70.9 Å². The molecule has 0 saturated heterocycles. The van der Waals surface area contributed by atoms with E-state index in [0.29, 0.717) is 46.6 Å². The molecule has 4 fully saturated rings. The summed E-state index contributed by atoms with van der Waals surface area (Å²) >= 11 is 0. The molecule has 2 aromatic rings. The Balaban J connectivity index is 1.10. The molecule has 1 aromatic heterocycles. The van der Waals surface area contributed by atoms with E-state index in [4.69, 9.17) is 21.1 Å². The van der Waals surface area contributed by atoms with Crippen molar-refractivity contribution in [3.63, 3.8) is 0 Å². The van der Waals surface area contributed by atoms with E-state index < -0.39 is 34.8 Å². The molecule has 0 radical (unpaired) electrons. The number of imidazole rings is 1. The second kappa shape index (κ2) is 11.1. The molecule has 9 atom stereocenters. The van der Waals surface area contributed by atoms with E-state index in [-0.39, 0.29) is 35.5 Å². The summed E-state index contributed by atoms with van der Waals surface area (Å²) in [7, 11) is 1.77. The van der Waals surface area contributed by atoms with Gasteiger partial charge in [-0.2, -0.15) is 5.10 Å². The van der Waals surface area contributed by atoms with Crippen LogP contribution in [-0.4, -0.2) is 75.2 Å². The fourth-order valence-corrected chi connectivity index (χ4v) is 9.97. The van der Waals surface area contributed by atoms with Crippen LogP contribution in [-0.2, 0) is 14.3 Å². The van der Waals surface area contributed by atoms with Crippen LogP contribution < -0.4 is 27.2 Å². The second-order valence-electron chi connectivity index (χ2n) is 14.7. The Hall–Kier alpha value is -4.36. The molecule has 13 heteroatoms. The van der Waals surface area contributed by atoms with Crippen LogP contribution in [0, 0.1) is 34.0 Å². The van der Waals surface area contributed by atoms with Crippen molar-refractivity contribution in [3.05, 3.63) is 59.6 Å². The van der Waals surface area contributed by atoms with E-state index >= 15 is 0 Å². The van der Waals surface area contributed by atoms with Crippen LogP contribution >= 0.6 is 0 Å². The van der Waals surface area contributed by atoms with Crippen molar-refractivity contribution >= 4 is 29.6 Å². The number of nitrogens with two attached hydrogens (primary N) is 2. The van der Waals surface area contributed by atoms with E-state index in [0.717, 1.165) is 19.3 Å². The van der Waals surface area contributed by atoms with Crippen LogP contribution in [0.2, 0.25) is 0 Å². The van der Waals surface area contributed by atoms with Gasteiger partial charge in [0.25, 0.3) is 0 Å². The molecule has 13 nitrogen and oxygen atoms in total. The summed E-state index contributed by atoms with van der Waals surface area (Å²) in [6.07, 6.45) is 6.75. The number of rotatable bonds is 8. The number of hydrogen-bond donors (Lipinski definition) is 4. The zero-order chi connectivity index (χ0) is 34.2. The first-order valence-corrected chi connectivity index (χ1v) is 16.6. The van der Waals surface area contributed by atoms with Crippen LogP contribution in [0.3, 0.4) is 0 Å². The smallest absolute Gasteiger partial charge is 0.328 e. The number of ketones is 1. The molecule has 0 spiro atoms. The van der Waals surface area contributed by atoms with Gasteiger partial charge in [0.05, 0.1) is 18.6 Å². The highest BCUT2D eigenvalue weighted by Crippen LogP contribution is 2.82. The molecule has 2 unspecified atom stereocenters. The topological polar surface area (TPSA) is 194 Å².